The van der Waals surface area contributed by atoms with Crippen LogP contribution >= 0.6 is 0 Å². The number of rotatable bonds is 8. The van der Waals surface area contributed by atoms with Gasteiger partial charge >= 0.3 is 0 Å². The van der Waals surface area contributed by atoms with E-state index >= 15 is 0 Å². The van der Waals surface area contributed by atoms with Gasteiger partial charge in [-0.25, -0.2) is 4.98 Å². The molecule has 0 aliphatic carbocycles. The zero-order valence-corrected chi connectivity index (χ0v) is 18.0. The predicted octanol–water partition coefficient (Wildman–Crippen LogP) is 2.66. The van der Waals surface area contributed by atoms with Crippen LogP contribution in [0.25, 0.3) is 6.08 Å². The Bertz CT molecular complexity index is 909. The summed E-state index contributed by atoms with van der Waals surface area (Å²) in [7, 11) is 0. The van der Waals surface area contributed by atoms with E-state index in [4.69, 9.17) is 9.47 Å². The van der Waals surface area contributed by atoms with E-state index in [1.807, 2.05) is 25.1 Å². The van der Waals surface area contributed by atoms with Gasteiger partial charge < -0.3 is 19.3 Å². The summed E-state index contributed by atoms with van der Waals surface area (Å²) in [5.41, 5.74) is 1.18. The summed E-state index contributed by atoms with van der Waals surface area (Å²) in [6.07, 6.45) is 8.72. The second-order valence-corrected chi connectivity index (χ2v) is 7.03. The third-order valence-electron chi connectivity index (χ3n) is 4.81. The van der Waals surface area contributed by atoms with Gasteiger partial charge in [-0.05, 0) is 37.1 Å². The molecule has 0 N–H and O–H groups in total. The van der Waals surface area contributed by atoms with Gasteiger partial charge in [0, 0.05) is 44.6 Å². The van der Waals surface area contributed by atoms with Crippen molar-refractivity contribution in [1.29, 1.82) is 0 Å². The average Bonchev–Trinajstić information content (AvgIpc) is 2.82. The van der Waals surface area contributed by atoms with Crippen LogP contribution in [0.1, 0.15) is 36.3 Å². The Labute approximate surface area is 182 Å². The number of piperazine rings is 1. The maximum Gasteiger partial charge on any atom is 0.274 e. The second-order valence-electron chi connectivity index (χ2n) is 7.03. The fraction of sp³-hybridized carbons (Fsp3) is 0.391. The Morgan fingerprint density at radius 3 is 2.48 bits per heavy atom. The molecule has 164 valence electrons. The number of hydrogen-bond acceptors (Lipinski definition) is 6. The molecule has 2 aromatic rings. The summed E-state index contributed by atoms with van der Waals surface area (Å²) in [6, 6.07) is 5.63. The smallest absolute Gasteiger partial charge is 0.274 e. The predicted molar refractivity (Wildman–Crippen MR) is 117 cm³/mol. The van der Waals surface area contributed by atoms with Crippen LogP contribution < -0.4 is 9.47 Å². The van der Waals surface area contributed by atoms with E-state index in [0.29, 0.717) is 56.6 Å². The molecule has 0 bridgehead atoms. The first-order chi connectivity index (χ1) is 15.1. The number of nitrogens with zero attached hydrogens (tertiary/aromatic N) is 4. The number of hydrogen-bond donors (Lipinski definition) is 0. The molecule has 2 amide bonds. The summed E-state index contributed by atoms with van der Waals surface area (Å²) in [4.78, 5) is 36.5. The number of benzene rings is 1. The van der Waals surface area contributed by atoms with Gasteiger partial charge in [-0.3, -0.25) is 14.6 Å². The van der Waals surface area contributed by atoms with E-state index < -0.39 is 0 Å². The van der Waals surface area contributed by atoms with Crippen molar-refractivity contribution in [2.45, 2.75) is 20.3 Å². The highest BCUT2D eigenvalue weighted by molar-refractivity contribution is 5.93. The van der Waals surface area contributed by atoms with Gasteiger partial charge in [0.15, 0.2) is 11.5 Å². The molecule has 1 aromatic heterocycles. The average molecular weight is 425 g/mol. The van der Waals surface area contributed by atoms with Gasteiger partial charge in [-0.15, -0.1) is 0 Å². The van der Waals surface area contributed by atoms with Crippen molar-refractivity contribution in [2.75, 3.05) is 39.4 Å². The van der Waals surface area contributed by atoms with Crippen LogP contribution in [0, 0.1) is 0 Å². The second kappa shape index (κ2) is 11.1. The van der Waals surface area contributed by atoms with Crippen molar-refractivity contribution in [1.82, 2.24) is 19.8 Å². The first-order valence-electron chi connectivity index (χ1n) is 10.5. The van der Waals surface area contributed by atoms with Crippen molar-refractivity contribution in [3.8, 4) is 11.5 Å². The van der Waals surface area contributed by atoms with Gasteiger partial charge in [0.25, 0.3) is 5.91 Å². The molecule has 2 heterocycles. The molecule has 0 unspecified atom stereocenters. The Kier molecular flexibility index (Phi) is 7.98. The highest BCUT2D eigenvalue weighted by Crippen LogP contribution is 2.29. The molecule has 31 heavy (non-hydrogen) atoms. The molecule has 1 saturated heterocycles. The Hall–Kier alpha value is -3.42. The van der Waals surface area contributed by atoms with Crippen molar-refractivity contribution in [3.05, 3.63) is 54.1 Å². The minimum absolute atomic E-state index is 0.0872. The molecule has 3 rings (SSSR count). The van der Waals surface area contributed by atoms with Crippen molar-refractivity contribution in [2.24, 2.45) is 0 Å². The lowest BCUT2D eigenvalue weighted by molar-refractivity contribution is -0.127. The quantitative estimate of drug-likeness (QED) is 0.606. The minimum atomic E-state index is -0.162. The molecule has 1 aliphatic rings. The number of ether oxygens (including phenoxy) is 2. The Morgan fingerprint density at radius 2 is 1.81 bits per heavy atom. The van der Waals surface area contributed by atoms with Gasteiger partial charge in [0.05, 0.1) is 19.4 Å². The molecule has 0 radical (unpaired) electrons. The zero-order chi connectivity index (χ0) is 22.1. The van der Waals surface area contributed by atoms with Crippen molar-refractivity contribution < 1.29 is 19.1 Å². The van der Waals surface area contributed by atoms with Crippen LogP contribution in [0.3, 0.4) is 0 Å². The van der Waals surface area contributed by atoms with E-state index in [1.165, 1.54) is 18.6 Å². The molecule has 1 aliphatic heterocycles. The fourth-order valence-electron chi connectivity index (χ4n) is 3.20. The molecule has 0 saturated carbocycles. The lowest BCUT2D eigenvalue weighted by Gasteiger charge is -2.34. The van der Waals surface area contributed by atoms with Crippen LogP contribution in [0.15, 0.2) is 42.9 Å². The number of carbonyl (C=O) groups excluding carboxylic acids is 2. The van der Waals surface area contributed by atoms with Crippen molar-refractivity contribution in [3.63, 3.8) is 0 Å². The van der Waals surface area contributed by atoms with E-state index in [-0.39, 0.29) is 11.8 Å². The third-order valence-corrected chi connectivity index (χ3v) is 4.81. The van der Waals surface area contributed by atoms with Crippen LogP contribution in [0.5, 0.6) is 11.5 Å². The van der Waals surface area contributed by atoms with E-state index in [2.05, 4.69) is 16.9 Å². The van der Waals surface area contributed by atoms with E-state index in [0.717, 1.165) is 12.0 Å². The summed E-state index contributed by atoms with van der Waals surface area (Å²) in [5.74, 6) is 1.12. The molecule has 0 atom stereocenters. The fourth-order valence-corrected chi connectivity index (χ4v) is 3.20. The normalized spacial score (nSPS) is 14.0. The van der Waals surface area contributed by atoms with Gasteiger partial charge in [-0.1, -0.05) is 13.0 Å². The number of carbonyl (C=O) groups is 2. The Morgan fingerprint density at radius 1 is 1.03 bits per heavy atom. The molecule has 1 aromatic carbocycles. The van der Waals surface area contributed by atoms with Crippen LogP contribution in [0.2, 0.25) is 0 Å². The van der Waals surface area contributed by atoms with Crippen molar-refractivity contribution >= 4 is 17.9 Å². The van der Waals surface area contributed by atoms with Gasteiger partial charge in [0.2, 0.25) is 5.91 Å². The molecular formula is C23H28N4O4. The largest absolute Gasteiger partial charge is 0.490 e. The molecule has 8 nitrogen and oxygen atoms in total. The summed E-state index contributed by atoms with van der Waals surface area (Å²) in [6.45, 7) is 7.01. The molecule has 1 fully saturated rings. The maximum absolute atomic E-state index is 12.6. The summed E-state index contributed by atoms with van der Waals surface area (Å²) >= 11 is 0. The SMILES string of the molecule is CCCOc1ccc(/C=C/C(=O)N2CCN(C(=O)c3cnccn3)CC2)cc1OCC. The number of aromatic nitrogens is 2. The molecular weight excluding hydrogens is 396 g/mol. The summed E-state index contributed by atoms with van der Waals surface area (Å²) < 4.78 is 11.4. The minimum Gasteiger partial charge on any atom is -0.490 e. The zero-order valence-electron chi connectivity index (χ0n) is 18.0. The first-order valence-corrected chi connectivity index (χ1v) is 10.5. The van der Waals surface area contributed by atoms with E-state index in [1.54, 1.807) is 22.0 Å². The lowest BCUT2D eigenvalue weighted by atomic mass is 10.1. The highest BCUT2D eigenvalue weighted by Gasteiger charge is 2.24. The number of amides is 2. The third kappa shape index (κ3) is 6.04. The van der Waals surface area contributed by atoms with E-state index in [9.17, 15) is 9.59 Å². The van der Waals surface area contributed by atoms with Gasteiger partial charge in [-0.2, -0.15) is 0 Å². The Balaban J connectivity index is 1.57. The van der Waals surface area contributed by atoms with Crippen LogP contribution in [-0.2, 0) is 4.79 Å². The molecule has 0 spiro atoms. The van der Waals surface area contributed by atoms with Gasteiger partial charge in [0.1, 0.15) is 5.69 Å². The monoisotopic (exact) mass is 424 g/mol. The highest BCUT2D eigenvalue weighted by atomic mass is 16.5. The standard InChI is InChI=1S/C23H28N4O4/c1-3-15-31-20-7-5-18(16-21(20)30-4-2)6-8-22(28)26-11-13-27(14-12-26)23(29)19-17-24-9-10-25-19/h5-10,16-17H,3-4,11-15H2,1-2H3/b8-6+. The van der Waals surface area contributed by atoms with Crippen LogP contribution in [0.4, 0.5) is 0 Å². The molecule has 8 heteroatoms. The lowest BCUT2D eigenvalue weighted by Crippen LogP contribution is -2.50. The van der Waals surface area contributed by atoms with Crippen LogP contribution in [-0.4, -0.2) is 71.0 Å². The first kappa shape index (κ1) is 22.3. The topological polar surface area (TPSA) is 84.9 Å². The maximum atomic E-state index is 12.6. The summed E-state index contributed by atoms with van der Waals surface area (Å²) in [5, 5.41) is 0.